The van der Waals surface area contributed by atoms with Crippen LogP contribution in [-0.4, -0.2) is 95.7 Å². The third-order valence-corrected chi connectivity index (χ3v) is 10.3. The Morgan fingerprint density at radius 1 is 0.943 bits per heavy atom. The molecular weight excluding hydrogens is 672 g/mol. The van der Waals surface area contributed by atoms with Gasteiger partial charge in [-0.05, 0) is 63.2 Å². The number of aromatic nitrogens is 1. The first-order chi connectivity index (χ1) is 25.2. The van der Waals surface area contributed by atoms with Gasteiger partial charge in [0.15, 0.2) is 0 Å². The first kappa shape index (κ1) is 41.3. The van der Waals surface area contributed by atoms with Crippen LogP contribution in [0.4, 0.5) is 0 Å². The Labute approximate surface area is 314 Å². The summed E-state index contributed by atoms with van der Waals surface area (Å²) in [6, 6.07) is 4.57. The summed E-state index contributed by atoms with van der Waals surface area (Å²) >= 11 is 0. The number of aromatic amines is 1. The van der Waals surface area contributed by atoms with Crippen molar-refractivity contribution in [2.24, 2.45) is 17.8 Å². The largest absolute Gasteiger partial charge is 0.499 e. The predicted molar refractivity (Wildman–Crippen MR) is 206 cm³/mol. The highest BCUT2D eigenvalue weighted by molar-refractivity contribution is 6.08. The summed E-state index contributed by atoms with van der Waals surface area (Å²) in [5.74, 6) is -1.15. The average Bonchev–Trinajstić information content (AvgIpc) is 3.66. The third kappa shape index (κ3) is 11.0. The molecule has 290 valence electrons. The molecule has 2 aromatic rings. The number of nitrogens with zero attached hydrogens (tertiary/aromatic N) is 2. The number of nitrogens with one attached hydrogen (secondary N) is 4. The number of fused-ring (bicyclic) bond motifs is 1. The topological polar surface area (TPSA) is 153 Å². The molecule has 2 heterocycles. The van der Waals surface area contributed by atoms with E-state index in [1.54, 1.807) is 13.0 Å². The molecule has 2 aliphatic rings. The lowest BCUT2D eigenvalue weighted by Gasteiger charge is -2.31. The van der Waals surface area contributed by atoms with Crippen molar-refractivity contribution >= 4 is 40.4 Å². The Morgan fingerprint density at radius 3 is 2.25 bits per heavy atom. The number of carbonyl (C=O) groups is 5. The van der Waals surface area contributed by atoms with E-state index in [0.29, 0.717) is 25.0 Å². The smallest absolute Gasteiger partial charge is 0.257 e. The number of amides is 5. The van der Waals surface area contributed by atoms with E-state index in [4.69, 9.17) is 4.74 Å². The molecule has 1 aliphatic carbocycles. The summed E-state index contributed by atoms with van der Waals surface area (Å²) in [5, 5.41) is 9.93. The molecule has 1 saturated carbocycles. The van der Waals surface area contributed by atoms with Gasteiger partial charge in [0.05, 0.1) is 13.2 Å². The Bertz CT molecular complexity index is 1650. The first-order valence-corrected chi connectivity index (χ1v) is 19.1. The summed E-state index contributed by atoms with van der Waals surface area (Å²) in [6.45, 7) is 9.66. The lowest BCUT2D eigenvalue weighted by Crippen LogP contribution is -2.57. The first-order valence-electron chi connectivity index (χ1n) is 19.1. The van der Waals surface area contributed by atoms with Crippen LogP contribution < -0.4 is 16.0 Å². The van der Waals surface area contributed by atoms with Gasteiger partial charge in [-0.15, -0.1) is 0 Å². The molecular formula is C41H60N6O6. The normalized spacial score (nSPS) is 19.1. The molecule has 5 atom stereocenters. The number of imide groups is 1. The van der Waals surface area contributed by atoms with E-state index in [9.17, 15) is 24.0 Å². The molecule has 12 nitrogen and oxygen atoms in total. The van der Waals surface area contributed by atoms with Crippen molar-refractivity contribution in [3.05, 3.63) is 60.0 Å². The zero-order valence-electron chi connectivity index (χ0n) is 32.7. The van der Waals surface area contributed by atoms with Crippen LogP contribution in [0.25, 0.3) is 10.9 Å². The van der Waals surface area contributed by atoms with E-state index < -0.39 is 47.9 Å². The number of para-hydroxylation sites is 1. The number of ether oxygens (including phenoxy) is 1. The molecule has 1 aliphatic heterocycles. The van der Waals surface area contributed by atoms with Crippen molar-refractivity contribution in [1.29, 1.82) is 0 Å². The molecule has 0 bridgehead atoms. The predicted octanol–water partition coefficient (Wildman–Crippen LogP) is 4.61. The van der Waals surface area contributed by atoms with Crippen molar-refractivity contribution in [2.75, 3.05) is 21.2 Å². The summed E-state index contributed by atoms with van der Waals surface area (Å²) in [5.41, 5.74) is 1.91. The molecule has 4 N–H and O–H groups in total. The van der Waals surface area contributed by atoms with Gasteiger partial charge >= 0.3 is 0 Å². The van der Waals surface area contributed by atoms with Crippen molar-refractivity contribution in [1.82, 2.24) is 30.7 Å². The summed E-state index contributed by atoms with van der Waals surface area (Å²) < 4.78 is 5.52. The second-order valence-electron chi connectivity index (χ2n) is 15.7. The minimum Gasteiger partial charge on any atom is -0.499 e. The van der Waals surface area contributed by atoms with Crippen LogP contribution >= 0.6 is 0 Å². The van der Waals surface area contributed by atoms with Gasteiger partial charge in [0, 0.05) is 41.7 Å². The number of carbonyl (C=O) groups excluding carboxylic acids is 5. The van der Waals surface area contributed by atoms with E-state index >= 15 is 0 Å². The van der Waals surface area contributed by atoms with Crippen LogP contribution in [0.1, 0.15) is 85.1 Å². The fourth-order valence-corrected chi connectivity index (χ4v) is 7.76. The van der Waals surface area contributed by atoms with Gasteiger partial charge in [0.1, 0.15) is 23.9 Å². The van der Waals surface area contributed by atoms with E-state index in [1.807, 2.05) is 77.2 Å². The molecule has 0 radical (unpaired) electrons. The van der Waals surface area contributed by atoms with Crippen LogP contribution in [0, 0.1) is 17.8 Å². The highest BCUT2D eigenvalue weighted by Gasteiger charge is 2.38. The van der Waals surface area contributed by atoms with Crippen molar-refractivity contribution in [3.63, 3.8) is 0 Å². The van der Waals surface area contributed by atoms with Crippen LogP contribution in [0.3, 0.4) is 0 Å². The molecule has 1 aromatic heterocycles. The van der Waals surface area contributed by atoms with Gasteiger partial charge in [-0.2, -0.15) is 0 Å². The van der Waals surface area contributed by atoms with Crippen molar-refractivity contribution in [2.45, 2.75) is 116 Å². The summed E-state index contributed by atoms with van der Waals surface area (Å²) in [7, 11) is 5.17. The fourth-order valence-electron chi connectivity index (χ4n) is 7.76. The van der Waals surface area contributed by atoms with Crippen molar-refractivity contribution < 1.29 is 28.7 Å². The maximum atomic E-state index is 13.9. The van der Waals surface area contributed by atoms with Gasteiger partial charge in [-0.25, -0.2) is 0 Å². The summed E-state index contributed by atoms with van der Waals surface area (Å²) in [6.07, 6.45) is 12.6. The Morgan fingerprint density at radius 2 is 1.60 bits per heavy atom. The Kier molecular flexibility index (Phi) is 14.8. The van der Waals surface area contributed by atoms with Crippen molar-refractivity contribution in [3.8, 4) is 0 Å². The van der Waals surface area contributed by atoms with Crippen LogP contribution in [0.5, 0.6) is 0 Å². The minimum atomic E-state index is -0.826. The molecule has 5 amide bonds. The molecule has 0 unspecified atom stereocenters. The number of benzene rings is 1. The molecule has 53 heavy (non-hydrogen) atoms. The SMILES string of the molecule is COC1=CC(=O)N(C(=O)/C=C/[C@H](C)NC(=O)[C@H](CC2CCCCC2)NC(=O)[C@H](CC(C)C)NC(=O)[C@H](C(C)C)N(C)C)[C@H]1Cc1c[nH]c2ccccc12. The Balaban J connectivity index is 1.46. The van der Waals surface area contributed by atoms with E-state index in [-0.39, 0.29) is 29.6 Å². The van der Waals surface area contributed by atoms with Crippen LogP contribution in [0.2, 0.25) is 0 Å². The Hall–Kier alpha value is -4.45. The van der Waals surface area contributed by atoms with Gasteiger partial charge < -0.3 is 25.7 Å². The lowest BCUT2D eigenvalue weighted by molar-refractivity contribution is -0.139. The number of hydrogen-bond donors (Lipinski definition) is 4. The standard InChI is InChI=1S/C41H60N6O6/c1-25(2)20-32(45-41(52)38(26(3)4)46(6)7)40(51)44-33(21-28-14-10-9-11-15-28)39(50)43-27(5)18-19-36(48)47-34(35(53-8)23-37(47)49)22-29-24-42-31-17-13-12-16-30(29)31/h12-13,16-19,23-28,32-34,38,42H,9-11,14-15,20-22H2,1-8H3,(H,43,50)(H,44,51)(H,45,52)/b19-18+/t27-,32-,33-,34-,38-/m0/s1. The second kappa shape index (κ2) is 19.0. The van der Waals surface area contributed by atoms with Crippen LogP contribution in [-0.2, 0) is 35.1 Å². The van der Waals surface area contributed by atoms with Crippen LogP contribution in [0.15, 0.2) is 54.4 Å². The molecule has 4 rings (SSSR count). The summed E-state index contributed by atoms with van der Waals surface area (Å²) in [4.78, 5) is 73.9. The third-order valence-electron chi connectivity index (χ3n) is 10.3. The number of rotatable bonds is 17. The van der Waals surface area contributed by atoms with Gasteiger partial charge in [-0.1, -0.05) is 84.1 Å². The molecule has 1 aromatic carbocycles. The number of likely N-dealkylation sites (N-methyl/N-ethyl adjacent to an activating group) is 1. The number of hydrogen-bond acceptors (Lipinski definition) is 7. The van der Waals surface area contributed by atoms with E-state index in [0.717, 1.165) is 48.6 Å². The van der Waals surface area contributed by atoms with E-state index in [2.05, 4.69) is 20.9 Å². The molecule has 12 heteroatoms. The number of H-pyrrole nitrogens is 1. The number of methoxy groups -OCH3 is 1. The van der Waals surface area contributed by atoms with Gasteiger partial charge in [-0.3, -0.25) is 33.8 Å². The van der Waals surface area contributed by atoms with E-state index in [1.165, 1.54) is 24.2 Å². The quantitative estimate of drug-likeness (QED) is 0.173. The minimum absolute atomic E-state index is 0.0336. The fraction of sp³-hybridized carbons (Fsp3) is 0.585. The maximum absolute atomic E-state index is 13.9. The maximum Gasteiger partial charge on any atom is 0.257 e. The molecule has 0 saturated heterocycles. The molecule has 1 fully saturated rings. The zero-order chi connectivity index (χ0) is 38.8. The zero-order valence-corrected chi connectivity index (χ0v) is 32.7. The average molecular weight is 733 g/mol. The second-order valence-corrected chi connectivity index (χ2v) is 15.7. The van der Waals surface area contributed by atoms with Gasteiger partial charge in [0.25, 0.3) is 11.8 Å². The monoisotopic (exact) mass is 732 g/mol. The highest BCUT2D eigenvalue weighted by atomic mass is 16.5. The highest BCUT2D eigenvalue weighted by Crippen LogP contribution is 2.29. The molecule has 0 spiro atoms. The lowest BCUT2D eigenvalue weighted by atomic mass is 9.84. The van der Waals surface area contributed by atoms with Gasteiger partial charge in [0.2, 0.25) is 17.7 Å².